The number of nitrogens with zero attached hydrogens (tertiary/aromatic N) is 2. The minimum atomic E-state index is 0.984. The molecule has 3 heteroatoms. The quantitative estimate of drug-likeness (QED) is 0.682. The van der Waals surface area contributed by atoms with E-state index in [0.29, 0.717) is 0 Å². The Hall–Kier alpha value is -0.860. The Morgan fingerprint density at radius 1 is 1.25 bits per heavy atom. The Balaban J connectivity index is 2.39. The molecule has 1 rings (SSSR count). The van der Waals surface area contributed by atoms with E-state index in [-0.39, 0.29) is 0 Å². The van der Waals surface area contributed by atoms with Crippen molar-refractivity contribution in [1.82, 2.24) is 15.4 Å². The first kappa shape index (κ1) is 9.23. The molecular weight excluding hydrogens is 150 g/mol. The smallest absolute Gasteiger partial charge is 0.0853 e. The Kier molecular flexibility index (Phi) is 3.77. The van der Waals surface area contributed by atoms with Gasteiger partial charge in [0.15, 0.2) is 0 Å². The summed E-state index contributed by atoms with van der Waals surface area (Å²) in [6.07, 6.45) is 5.89. The number of rotatable bonds is 5. The fourth-order valence-corrected chi connectivity index (χ4v) is 1.31. The molecule has 12 heavy (non-hydrogen) atoms. The van der Waals surface area contributed by atoms with Crippen molar-refractivity contribution in [2.45, 2.75) is 46.0 Å². The molecular formula is C9H17N3. The third-order valence-corrected chi connectivity index (χ3v) is 2.07. The van der Waals surface area contributed by atoms with Gasteiger partial charge in [-0.3, -0.25) is 5.10 Å². The van der Waals surface area contributed by atoms with Crippen molar-refractivity contribution in [3.05, 3.63) is 11.4 Å². The van der Waals surface area contributed by atoms with Crippen LogP contribution < -0.4 is 0 Å². The third kappa shape index (κ3) is 2.32. The molecule has 1 aromatic heterocycles. The average Bonchev–Trinajstić information content (AvgIpc) is 2.52. The van der Waals surface area contributed by atoms with E-state index in [0.717, 1.165) is 18.5 Å². The molecule has 0 unspecified atom stereocenters. The van der Waals surface area contributed by atoms with Gasteiger partial charge in [0.25, 0.3) is 0 Å². The summed E-state index contributed by atoms with van der Waals surface area (Å²) in [5.41, 5.74) is 2.36. The maximum atomic E-state index is 4.01. The Bertz CT molecular complexity index is 217. The lowest BCUT2D eigenvalue weighted by atomic mass is 10.1. The molecule has 0 saturated carbocycles. The maximum Gasteiger partial charge on any atom is 0.0853 e. The van der Waals surface area contributed by atoms with E-state index in [9.17, 15) is 0 Å². The number of unbranched alkanes of at least 4 members (excludes halogenated alkanes) is 2. The number of H-pyrrole nitrogens is 1. The van der Waals surface area contributed by atoms with Crippen LogP contribution in [0.4, 0.5) is 0 Å². The first-order valence-corrected chi connectivity index (χ1v) is 4.77. The van der Waals surface area contributed by atoms with Gasteiger partial charge < -0.3 is 0 Å². The molecule has 0 aliphatic rings. The monoisotopic (exact) mass is 167 g/mol. The molecule has 0 aliphatic carbocycles. The number of hydrogen-bond donors (Lipinski definition) is 1. The van der Waals surface area contributed by atoms with Crippen LogP contribution in [-0.4, -0.2) is 15.4 Å². The molecule has 0 aliphatic heterocycles. The standard InChI is InChI=1S/C9H17N3/c1-3-5-6-7-9-8(4-2)10-12-11-9/h3-7H2,1-2H3,(H,10,11,12). The second-order valence-electron chi connectivity index (χ2n) is 3.05. The van der Waals surface area contributed by atoms with Gasteiger partial charge in [0.2, 0.25) is 0 Å². The minimum absolute atomic E-state index is 0.984. The lowest BCUT2D eigenvalue weighted by Crippen LogP contribution is -1.91. The summed E-state index contributed by atoms with van der Waals surface area (Å²) in [6.45, 7) is 4.33. The average molecular weight is 167 g/mol. The number of nitrogens with one attached hydrogen (secondary N) is 1. The van der Waals surface area contributed by atoms with Crippen molar-refractivity contribution in [2.24, 2.45) is 0 Å². The van der Waals surface area contributed by atoms with E-state index in [2.05, 4.69) is 29.3 Å². The molecule has 0 amide bonds. The van der Waals surface area contributed by atoms with Crippen LogP contribution in [0.5, 0.6) is 0 Å². The van der Waals surface area contributed by atoms with Gasteiger partial charge in [-0.15, -0.1) is 5.10 Å². The molecule has 1 N–H and O–H groups in total. The summed E-state index contributed by atoms with van der Waals surface area (Å²) in [4.78, 5) is 0. The fraction of sp³-hybridized carbons (Fsp3) is 0.778. The van der Waals surface area contributed by atoms with E-state index in [1.807, 2.05) is 0 Å². The zero-order valence-corrected chi connectivity index (χ0v) is 7.93. The van der Waals surface area contributed by atoms with Crippen molar-refractivity contribution in [3.63, 3.8) is 0 Å². The van der Waals surface area contributed by atoms with Gasteiger partial charge in [0.05, 0.1) is 11.4 Å². The first-order valence-electron chi connectivity index (χ1n) is 4.77. The highest BCUT2D eigenvalue weighted by atomic mass is 15.3. The lowest BCUT2D eigenvalue weighted by molar-refractivity contribution is 0.702. The Morgan fingerprint density at radius 3 is 2.75 bits per heavy atom. The van der Waals surface area contributed by atoms with E-state index in [1.165, 1.54) is 25.0 Å². The van der Waals surface area contributed by atoms with Gasteiger partial charge in [0, 0.05) is 0 Å². The third-order valence-electron chi connectivity index (χ3n) is 2.07. The summed E-state index contributed by atoms with van der Waals surface area (Å²) in [5, 5.41) is 10.8. The van der Waals surface area contributed by atoms with Crippen LogP contribution in [0.1, 0.15) is 44.5 Å². The Morgan fingerprint density at radius 2 is 2.08 bits per heavy atom. The number of aryl methyl sites for hydroxylation is 2. The highest BCUT2D eigenvalue weighted by Crippen LogP contribution is 2.07. The lowest BCUT2D eigenvalue weighted by Gasteiger charge is -1.97. The van der Waals surface area contributed by atoms with Crippen LogP contribution in [-0.2, 0) is 12.8 Å². The predicted molar refractivity (Wildman–Crippen MR) is 49.0 cm³/mol. The van der Waals surface area contributed by atoms with Crippen LogP contribution in [0.15, 0.2) is 0 Å². The molecule has 68 valence electrons. The second-order valence-corrected chi connectivity index (χ2v) is 3.05. The van der Waals surface area contributed by atoms with Crippen LogP contribution in [0.3, 0.4) is 0 Å². The van der Waals surface area contributed by atoms with Gasteiger partial charge in [0.1, 0.15) is 0 Å². The van der Waals surface area contributed by atoms with E-state index >= 15 is 0 Å². The van der Waals surface area contributed by atoms with Crippen molar-refractivity contribution >= 4 is 0 Å². The summed E-state index contributed by atoms with van der Waals surface area (Å²) in [5.74, 6) is 0. The molecule has 0 spiro atoms. The first-order chi connectivity index (χ1) is 5.88. The highest BCUT2D eigenvalue weighted by Gasteiger charge is 2.03. The SMILES string of the molecule is CCCCCc1[nH]nnc1CC. The summed E-state index contributed by atoms with van der Waals surface area (Å²) >= 11 is 0. The molecule has 1 heterocycles. The van der Waals surface area contributed by atoms with Gasteiger partial charge in [-0.1, -0.05) is 31.9 Å². The van der Waals surface area contributed by atoms with Crippen molar-refractivity contribution in [3.8, 4) is 0 Å². The van der Waals surface area contributed by atoms with E-state index in [1.54, 1.807) is 0 Å². The fourth-order valence-electron chi connectivity index (χ4n) is 1.31. The molecule has 1 aromatic rings. The minimum Gasteiger partial charge on any atom is -0.262 e. The van der Waals surface area contributed by atoms with Crippen molar-refractivity contribution in [2.75, 3.05) is 0 Å². The predicted octanol–water partition coefficient (Wildman–Crippen LogP) is 2.10. The summed E-state index contributed by atoms with van der Waals surface area (Å²) in [7, 11) is 0. The normalized spacial score (nSPS) is 10.5. The molecule has 0 aromatic carbocycles. The number of aromatic amines is 1. The maximum absolute atomic E-state index is 4.01. The van der Waals surface area contributed by atoms with Gasteiger partial charge in [-0.2, -0.15) is 0 Å². The van der Waals surface area contributed by atoms with Gasteiger partial charge in [-0.25, -0.2) is 0 Å². The topological polar surface area (TPSA) is 41.6 Å². The molecule has 0 fully saturated rings. The van der Waals surface area contributed by atoms with Crippen molar-refractivity contribution < 1.29 is 0 Å². The highest BCUT2D eigenvalue weighted by molar-refractivity contribution is 5.07. The molecule has 0 bridgehead atoms. The van der Waals surface area contributed by atoms with Crippen LogP contribution in [0.2, 0.25) is 0 Å². The molecule has 0 radical (unpaired) electrons. The van der Waals surface area contributed by atoms with Crippen LogP contribution in [0, 0.1) is 0 Å². The van der Waals surface area contributed by atoms with E-state index < -0.39 is 0 Å². The largest absolute Gasteiger partial charge is 0.262 e. The zero-order valence-electron chi connectivity index (χ0n) is 7.93. The van der Waals surface area contributed by atoms with Crippen LogP contribution >= 0.6 is 0 Å². The van der Waals surface area contributed by atoms with E-state index in [4.69, 9.17) is 0 Å². The molecule has 0 saturated heterocycles. The number of hydrogen-bond acceptors (Lipinski definition) is 2. The van der Waals surface area contributed by atoms with Gasteiger partial charge in [-0.05, 0) is 19.3 Å². The van der Waals surface area contributed by atoms with Gasteiger partial charge >= 0.3 is 0 Å². The van der Waals surface area contributed by atoms with Crippen molar-refractivity contribution in [1.29, 1.82) is 0 Å². The Labute approximate surface area is 73.6 Å². The molecule has 3 nitrogen and oxygen atoms in total. The number of aromatic nitrogens is 3. The second kappa shape index (κ2) is 4.91. The van der Waals surface area contributed by atoms with Crippen LogP contribution in [0.25, 0.3) is 0 Å². The summed E-state index contributed by atoms with van der Waals surface area (Å²) in [6, 6.07) is 0. The molecule has 0 atom stereocenters. The summed E-state index contributed by atoms with van der Waals surface area (Å²) < 4.78 is 0. The zero-order chi connectivity index (χ0) is 8.81.